The molecule has 1 aliphatic rings. The van der Waals surface area contributed by atoms with Crippen LogP contribution >= 0.6 is 11.3 Å². The van der Waals surface area contributed by atoms with E-state index in [4.69, 9.17) is 14.2 Å². The normalized spacial score (nSPS) is 16.7. The number of nitrogens with zero attached hydrogens (tertiary/aromatic N) is 5. The molecular weight excluding hydrogens is 608 g/mol. The third-order valence-corrected chi connectivity index (χ3v) is 10.4. The number of hydrogen-bond donors (Lipinski definition) is 1. The van der Waals surface area contributed by atoms with Crippen molar-refractivity contribution in [3.63, 3.8) is 0 Å². The van der Waals surface area contributed by atoms with E-state index in [1.807, 2.05) is 45.0 Å². The fourth-order valence-electron chi connectivity index (χ4n) is 5.82. The molecule has 1 saturated heterocycles. The quantitative estimate of drug-likeness (QED) is 0.226. The van der Waals surface area contributed by atoms with Gasteiger partial charge in [-0.25, -0.2) is 9.36 Å². The lowest BCUT2D eigenvalue weighted by Crippen LogP contribution is -2.57. The number of ether oxygens (including phenoxy) is 3. The highest BCUT2D eigenvalue weighted by atomic mass is 32.1. The smallest absolute Gasteiger partial charge is 0.333 e. The lowest BCUT2D eigenvalue weighted by molar-refractivity contribution is -0.129. The van der Waals surface area contributed by atoms with Crippen molar-refractivity contribution in [1.29, 1.82) is 0 Å². The van der Waals surface area contributed by atoms with Gasteiger partial charge in [0, 0.05) is 30.9 Å². The van der Waals surface area contributed by atoms with E-state index >= 15 is 0 Å². The maximum absolute atomic E-state index is 14.7. The average molecular weight is 653 g/mol. The molecule has 4 heterocycles. The van der Waals surface area contributed by atoms with Crippen molar-refractivity contribution in [2.24, 2.45) is 5.92 Å². The maximum atomic E-state index is 14.7. The van der Waals surface area contributed by atoms with E-state index in [9.17, 15) is 14.4 Å². The summed E-state index contributed by atoms with van der Waals surface area (Å²) in [6, 6.07) is 7.58. The number of nitrogens with one attached hydrogen (secondary N) is 1. The number of fused-ring (bicyclic) bond motifs is 1. The molecule has 46 heavy (non-hydrogen) atoms. The van der Waals surface area contributed by atoms with Crippen LogP contribution in [-0.2, 0) is 26.4 Å². The summed E-state index contributed by atoms with van der Waals surface area (Å²) in [4.78, 5) is 44.9. The number of methoxy groups -OCH3 is 1. The van der Waals surface area contributed by atoms with Crippen LogP contribution in [0.25, 0.3) is 15.2 Å². The Labute approximate surface area is 272 Å². The third kappa shape index (κ3) is 6.40. The van der Waals surface area contributed by atoms with Crippen molar-refractivity contribution in [1.82, 2.24) is 29.4 Å². The van der Waals surface area contributed by atoms with E-state index < -0.39 is 22.9 Å². The molecule has 3 aromatic heterocycles. The molecule has 1 amide bonds. The molecular formula is C33H44N6O6S. The van der Waals surface area contributed by atoms with Gasteiger partial charge in [0.25, 0.3) is 5.56 Å². The van der Waals surface area contributed by atoms with Crippen LogP contribution in [0.1, 0.15) is 70.6 Å². The SMILES string of the molecule is CCC(C)CNC(=O)C(C)(CC)n1c(=O)c2c(C)c(-n3nccn3)sc2n(C[C@H](OC2CCOCC2)c2ccccc2OC)c1=O. The van der Waals surface area contributed by atoms with Gasteiger partial charge in [0.1, 0.15) is 27.2 Å². The minimum atomic E-state index is -1.45. The van der Waals surface area contributed by atoms with E-state index in [-0.39, 0.29) is 30.9 Å². The van der Waals surface area contributed by atoms with Gasteiger partial charge in [-0.2, -0.15) is 10.2 Å². The van der Waals surface area contributed by atoms with Gasteiger partial charge in [0.2, 0.25) is 5.91 Å². The number of hydrogen-bond acceptors (Lipinski definition) is 9. The van der Waals surface area contributed by atoms with Crippen molar-refractivity contribution < 1.29 is 19.0 Å². The fourth-order valence-corrected chi connectivity index (χ4v) is 7.04. The molecule has 0 aliphatic carbocycles. The molecule has 4 aromatic rings. The Bertz CT molecular complexity index is 1770. The Morgan fingerprint density at radius 1 is 1.17 bits per heavy atom. The van der Waals surface area contributed by atoms with E-state index in [0.717, 1.165) is 16.6 Å². The van der Waals surface area contributed by atoms with E-state index in [2.05, 4.69) is 22.4 Å². The van der Waals surface area contributed by atoms with Crippen LogP contribution in [0.15, 0.2) is 46.2 Å². The van der Waals surface area contributed by atoms with Crippen molar-refractivity contribution in [3.05, 3.63) is 68.6 Å². The highest BCUT2D eigenvalue weighted by Gasteiger charge is 2.39. The van der Waals surface area contributed by atoms with Gasteiger partial charge in [-0.15, -0.1) is 4.80 Å². The highest BCUT2D eigenvalue weighted by Crippen LogP contribution is 2.35. The van der Waals surface area contributed by atoms with Crippen LogP contribution in [0.2, 0.25) is 0 Å². The van der Waals surface area contributed by atoms with Crippen LogP contribution < -0.4 is 21.3 Å². The second-order valence-electron chi connectivity index (χ2n) is 12.1. The summed E-state index contributed by atoms with van der Waals surface area (Å²) >= 11 is 1.26. The Morgan fingerprint density at radius 2 is 1.87 bits per heavy atom. The first-order valence-corrected chi connectivity index (χ1v) is 16.8. The van der Waals surface area contributed by atoms with Gasteiger partial charge in [-0.3, -0.25) is 14.2 Å². The maximum Gasteiger partial charge on any atom is 0.333 e. The van der Waals surface area contributed by atoms with Crippen molar-refractivity contribution >= 4 is 27.5 Å². The zero-order chi connectivity index (χ0) is 33.0. The summed E-state index contributed by atoms with van der Waals surface area (Å²) in [5.41, 5.74) is -1.15. The van der Waals surface area contributed by atoms with Crippen LogP contribution in [0.3, 0.4) is 0 Å². The molecule has 0 radical (unpaired) electrons. The number of aryl methyl sites for hydroxylation is 1. The van der Waals surface area contributed by atoms with Crippen molar-refractivity contribution in [3.8, 4) is 10.8 Å². The Morgan fingerprint density at radius 3 is 2.52 bits per heavy atom. The van der Waals surface area contributed by atoms with Gasteiger partial charge >= 0.3 is 5.69 Å². The van der Waals surface area contributed by atoms with Crippen molar-refractivity contribution in [2.75, 3.05) is 26.9 Å². The number of aromatic nitrogens is 5. The Balaban J connectivity index is 1.74. The molecule has 1 N–H and O–H groups in total. The predicted molar refractivity (Wildman–Crippen MR) is 177 cm³/mol. The molecule has 0 bridgehead atoms. The van der Waals surface area contributed by atoms with E-state index in [0.29, 0.717) is 59.1 Å². The lowest BCUT2D eigenvalue weighted by Gasteiger charge is -2.32. The monoisotopic (exact) mass is 652 g/mol. The molecule has 1 aliphatic heterocycles. The molecule has 248 valence electrons. The first-order chi connectivity index (χ1) is 22.1. The van der Waals surface area contributed by atoms with Gasteiger partial charge in [-0.1, -0.05) is 56.7 Å². The third-order valence-electron chi connectivity index (χ3n) is 9.13. The summed E-state index contributed by atoms with van der Waals surface area (Å²) in [7, 11) is 1.60. The largest absolute Gasteiger partial charge is 0.496 e. The average Bonchev–Trinajstić information content (AvgIpc) is 3.73. The van der Waals surface area contributed by atoms with Gasteiger partial charge in [0.05, 0.1) is 37.5 Å². The zero-order valence-electron chi connectivity index (χ0n) is 27.4. The minimum Gasteiger partial charge on any atom is -0.496 e. The minimum absolute atomic E-state index is 0.0769. The van der Waals surface area contributed by atoms with Crippen LogP contribution in [0.4, 0.5) is 0 Å². The lowest BCUT2D eigenvalue weighted by atomic mass is 9.96. The summed E-state index contributed by atoms with van der Waals surface area (Å²) in [5, 5.41) is 12.6. The Hall–Kier alpha value is -3.81. The van der Waals surface area contributed by atoms with E-state index in [1.54, 1.807) is 31.0 Å². The fraction of sp³-hybridized carbons (Fsp3) is 0.545. The van der Waals surface area contributed by atoms with Crippen LogP contribution in [0.5, 0.6) is 5.75 Å². The number of para-hydroxylation sites is 1. The van der Waals surface area contributed by atoms with E-state index in [1.165, 1.54) is 16.1 Å². The molecule has 0 saturated carbocycles. The number of carbonyl (C=O) groups is 1. The second kappa shape index (κ2) is 14.3. The number of amides is 1. The number of thiophene rings is 1. The number of rotatable bonds is 13. The molecule has 1 fully saturated rings. The summed E-state index contributed by atoms with van der Waals surface area (Å²) in [6.07, 6.45) is 4.96. The van der Waals surface area contributed by atoms with Crippen molar-refractivity contribution in [2.45, 2.75) is 84.6 Å². The van der Waals surface area contributed by atoms with Crippen LogP contribution in [0, 0.1) is 12.8 Å². The molecule has 12 nitrogen and oxygen atoms in total. The second-order valence-corrected chi connectivity index (χ2v) is 13.1. The topological polar surface area (TPSA) is 132 Å². The predicted octanol–water partition coefficient (Wildman–Crippen LogP) is 4.35. The molecule has 1 aromatic carbocycles. The molecule has 3 atom stereocenters. The summed E-state index contributed by atoms with van der Waals surface area (Å²) in [5.74, 6) is 0.499. The molecule has 5 rings (SSSR count). The molecule has 2 unspecified atom stereocenters. The summed E-state index contributed by atoms with van der Waals surface area (Å²) in [6.45, 7) is 11.1. The first-order valence-electron chi connectivity index (χ1n) is 15.9. The molecule has 13 heteroatoms. The zero-order valence-corrected chi connectivity index (χ0v) is 28.3. The standard InChI is InChI=1S/C33H44N6O6S/c1-7-21(3)19-34-31(41)33(5,8-2)38-28(40)27-22(4)29(39-35-15-16-36-39)46-30(27)37(32(38)42)20-26(45-23-13-17-44-18-14-23)24-11-9-10-12-25(24)43-6/h9-12,15-16,21,23,26H,7-8,13-14,17-20H2,1-6H3,(H,34,41)/t21?,26-,33?/m0/s1. The van der Waals surface area contributed by atoms with Gasteiger partial charge in [-0.05, 0) is 45.1 Å². The van der Waals surface area contributed by atoms with Crippen LogP contribution in [-0.4, -0.2) is 63.0 Å². The number of carbonyl (C=O) groups excluding carboxylic acids is 1. The summed E-state index contributed by atoms with van der Waals surface area (Å²) < 4.78 is 20.7. The Kier molecular flexibility index (Phi) is 10.4. The first kappa shape index (κ1) is 33.6. The van der Waals surface area contributed by atoms with Gasteiger partial charge < -0.3 is 19.5 Å². The highest BCUT2D eigenvalue weighted by molar-refractivity contribution is 7.21. The van der Waals surface area contributed by atoms with Gasteiger partial charge in [0.15, 0.2) is 0 Å². The number of benzene rings is 1. The molecule has 0 spiro atoms.